The molecule has 1 aromatic carbocycles. The van der Waals surface area contributed by atoms with Crippen molar-refractivity contribution >= 4 is 0 Å². The molecule has 0 amide bonds. The number of hydrogen-bond acceptors (Lipinski definition) is 4. The zero-order chi connectivity index (χ0) is 17.9. The zero-order valence-electron chi connectivity index (χ0n) is 15.4. The van der Waals surface area contributed by atoms with Crippen LogP contribution in [0, 0.1) is 13.8 Å². The minimum atomic E-state index is 0.557. The first-order chi connectivity index (χ1) is 12.7. The summed E-state index contributed by atoms with van der Waals surface area (Å²) in [4.78, 5) is 3.16. The van der Waals surface area contributed by atoms with Gasteiger partial charge in [-0.25, -0.2) is 0 Å². The van der Waals surface area contributed by atoms with E-state index in [9.17, 15) is 0 Å². The average Bonchev–Trinajstić information content (AvgIpc) is 3.23. The van der Waals surface area contributed by atoms with E-state index in [0.29, 0.717) is 11.8 Å². The monoisotopic (exact) mass is 354 g/mol. The van der Waals surface area contributed by atoms with E-state index in [-0.39, 0.29) is 0 Å². The van der Waals surface area contributed by atoms with Crippen LogP contribution in [-0.4, -0.2) is 36.4 Å². The van der Waals surface area contributed by atoms with Gasteiger partial charge in [-0.3, -0.25) is 0 Å². The molecule has 6 heteroatoms. The summed E-state index contributed by atoms with van der Waals surface area (Å²) in [6.07, 6.45) is 0. The fourth-order valence-corrected chi connectivity index (χ4v) is 3.69. The highest BCUT2D eigenvalue weighted by Gasteiger charge is 2.25. The molecule has 26 heavy (non-hydrogen) atoms. The Labute approximate surface area is 153 Å². The summed E-state index contributed by atoms with van der Waals surface area (Å²) in [6, 6.07) is 12.7. The lowest BCUT2D eigenvalue weighted by atomic mass is 10.2. The molecule has 2 N–H and O–H groups in total. The van der Waals surface area contributed by atoms with Crippen LogP contribution in [0.15, 0.2) is 45.2 Å². The smallest absolute Gasteiger partial charge is 0.271 e. The number of nitrogens with one attached hydrogen (secondary N) is 2. The van der Waals surface area contributed by atoms with Gasteiger partial charge in [0, 0.05) is 5.56 Å². The Kier molecular flexibility index (Phi) is 4.86. The molecule has 0 atom stereocenters. The summed E-state index contributed by atoms with van der Waals surface area (Å²) in [7, 11) is 0. The first-order valence-electron chi connectivity index (χ1n) is 9.28. The quantitative estimate of drug-likeness (QED) is 0.698. The third-order valence-electron chi connectivity index (χ3n) is 5.10. The van der Waals surface area contributed by atoms with Crippen molar-refractivity contribution in [3.63, 3.8) is 0 Å². The van der Waals surface area contributed by atoms with Crippen molar-refractivity contribution in [2.45, 2.75) is 26.9 Å². The predicted octanol–water partition coefficient (Wildman–Crippen LogP) is 0.430. The van der Waals surface area contributed by atoms with Crippen molar-refractivity contribution in [1.82, 2.24) is 10.2 Å². The fourth-order valence-electron chi connectivity index (χ4n) is 3.69. The number of piperazine rings is 1. The molecule has 0 radical (unpaired) electrons. The van der Waals surface area contributed by atoms with Gasteiger partial charge < -0.3 is 18.6 Å². The Bertz CT molecular complexity index is 848. The van der Waals surface area contributed by atoms with Crippen molar-refractivity contribution in [3.05, 3.63) is 59.4 Å². The molecule has 3 aromatic rings. The number of aryl methyl sites for hydroxylation is 2. The zero-order valence-corrected chi connectivity index (χ0v) is 15.4. The van der Waals surface area contributed by atoms with E-state index in [2.05, 4.69) is 40.5 Å². The summed E-state index contributed by atoms with van der Waals surface area (Å²) in [5.41, 5.74) is 2.31. The minimum absolute atomic E-state index is 0.557. The Balaban J connectivity index is 1.31. The Morgan fingerprint density at radius 1 is 0.885 bits per heavy atom. The number of furan rings is 1. The maximum Gasteiger partial charge on any atom is 0.271 e. The number of aromatic nitrogens is 2. The highest BCUT2D eigenvalue weighted by Crippen LogP contribution is 2.25. The van der Waals surface area contributed by atoms with Gasteiger partial charge in [-0.15, -0.1) is 10.2 Å². The van der Waals surface area contributed by atoms with Gasteiger partial charge in [-0.05, 0) is 19.9 Å². The van der Waals surface area contributed by atoms with E-state index in [1.165, 1.54) is 23.6 Å². The molecule has 0 unspecified atom stereocenters. The van der Waals surface area contributed by atoms with Crippen LogP contribution in [0.25, 0.3) is 11.5 Å². The molecule has 0 spiro atoms. The van der Waals surface area contributed by atoms with Gasteiger partial charge in [-0.1, -0.05) is 30.3 Å². The van der Waals surface area contributed by atoms with E-state index in [1.807, 2.05) is 19.9 Å². The topological polar surface area (TPSA) is 60.9 Å². The molecule has 6 nitrogen and oxygen atoms in total. The Morgan fingerprint density at radius 3 is 2.23 bits per heavy atom. The molecular weight excluding hydrogens is 328 g/mol. The maximum atomic E-state index is 5.88. The molecular formula is C20H26N4O2+2. The van der Waals surface area contributed by atoms with Crippen LogP contribution in [-0.2, 0) is 13.1 Å². The fraction of sp³-hybridized carbons (Fsp3) is 0.400. The Hall–Kier alpha value is -2.44. The second-order valence-electron chi connectivity index (χ2n) is 7.17. The van der Waals surface area contributed by atoms with Gasteiger partial charge >= 0.3 is 0 Å². The number of benzene rings is 1. The van der Waals surface area contributed by atoms with Gasteiger partial charge in [-0.2, -0.15) is 0 Å². The molecule has 3 heterocycles. The second-order valence-corrected chi connectivity index (χ2v) is 7.17. The van der Waals surface area contributed by atoms with Crippen LogP contribution in [0.3, 0.4) is 0 Å². The summed E-state index contributed by atoms with van der Waals surface area (Å²) < 4.78 is 11.4. The van der Waals surface area contributed by atoms with Crippen LogP contribution >= 0.6 is 0 Å². The number of rotatable bonds is 5. The molecule has 1 aliphatic rings. The molecule has 1 aliphatic heterocycles. The highest BCUT2D eigenvalue weighted by atomic mass is 16.4. The summed E-state index contributed by atoms with van der Waals surface area (Å²) in [5, 5.41) is 8.44. The lowest BCUT2D eigenvalue weighted by molar-refractivity contribution is -1.02. The van der Waals surface area contributed by atoms with Crippen LogP contribution in [0.2, 0.25) is 0 Å². The average molecular weight is 354 g/mol. The first kappa shape index (κ1) is 17.0. The third kappa shape index (κ3) is 3.86. The van der Waals surface area contributed by atoms with Crippen molar-refractivity contribution < 1.29 is 18.6 Å². The SMILES string of the molecule is Cc1cc(-c2nnc(C[NH+]3CC[NH+](Cc4ccccc4)CC3)o2)c(C)o1. The molecule has 1 saturated heterocycles. The minimum Gasteiger partial charge on any atom is -0.466 e. The number of hydrogen-bond donors (Lipinski definition) is 2. The van der Waals surface area contributed by atoms with E-state index in [4.69, 9.17) is 8.83 Å². The van der Waals surface area contributed by atoms with E-state index in [0.717, 1.165) is 43.3 Å². The molecule has 0 aliphatic carbocycles. The molecule has 136 valence electrons. The second kappa shape index (κ2) is 7.43. The van der Waals surface area contributed by atoms with Crippen LogP contribution < -0.4 is 9.80 Å². The van der Waals surface area contributed by atoms with Crippen LogP contribution in [0.1, 0.15) is 23.0 Å². The standard InChI is InChI=1S/C20H24N4O2/c1-15-12-18(16(2)25-15)20-22-21-19(26-20)14-24-10-8-23(9-11-24)13-17-6-4-3-5-7-17/h3-7,12H,8-11,13-14H2,1-2H3/p+2. The number of quaternary nitrogens is 2. The van der Waals surface area contributed by atoms with Gasteiger partial charge in [0.1, 0.15) is 44.2 Å². The number of nitrogens with zero attached hydrogens (tertiary/aromatic N) is 2. The van der Waals surface area contributed by atoms with Crippen molar-refractivity contribution in [2.24, 2.45) is 0 Å². The molecule has 2 aromatic heterocycles. The van der Waals surface area contributed by atoms with Gasteiger partial charge in [0.2, 0.25) is 0 Å². The molecule has 1 fully saturated rings. The van der Waals surface area contributed by atoms with Gasteiger partial charge in [0.15, 0.2) is 6.54 Å². The third-order valence-corrected chi connectivity index (χ3v) is 5.10. The van der Waals surface area contributed by atoms with Crippen LogP contribution in [0.5, 0.6) is 0 Å². The first-order valence-corrected chi connectivity index (χ1v) is 9.28. The Morgan fingerprint density at radius 2 is 1.58 bits per heavy atom. The van der Waals surface area contributed by atoms with Crippen LogP contribution in [0.4, 0.5) is 0 Å². The lowest BCUT2D eigenvalue weighted by Crippen LogP contribution is -3.27. The summed E-state index contributed by atoms with van der Waals surface area (Å²) >= 11 is 0. The van der Waals surface area contributed by atoms with Gasteiger partial charge in [0.25, 0.3) is 11.8 Å². The molecule has 0 saturated carbocycles. The largest absolute Gasteiger partial charge is 0.466 e. The van der Waals surface area contributed by atoms with E-state index >= 15 is 0 Å². The molecule has 0 bridgehead atoms. The normalized spacial score (nSPS) is 20.4. The highest BCUT2D eigenvalue weighted by molar-refractivity contribution is 5.55. The lowest BCUT2D eigenvalue weighted by Gasteiger charge is -2.28. The predicted molar refractivity (Wildman–Crippen MR) is 96.7 cm³/mol. The maximum absolute atomic E-state index is 5.88. The summed E-state index contributed by atoms with van der Waals surface area (Å²) in [6.45, 7) is 10.4. The van der Waals surface area contributed by atoms with Gasteiger partial charge in [0.05, 0.1) is 5.56 Å². The summed E-state index contributed by atoms with van der Waals surface area (Å²) in [5.74, 6) is 2.95. The van der Waals surface area contributed by atoms with Crippen molar-refractivity contribution in [2.75, 3.05) is 26.2 Å². The van der Waals surface area contributed by atoms with E-state index < -0.39 is 0 Å². The van der Waals surface area contributed by atoms with Crippen molar-refractivity contribution in [1.29, 1.82) is 0 Å². The van der Waals surface area contributed by atoms with E-state index in [1.54, 1.807) is 4.90 Å². The van der Waals surface area contributed by atoms with Crippen molar-refractivity contribution in [3.8, 4) is 11.5 Å². The molecule has 4 rings (SSSR count).